The van der Waals surface area contributed by atoms with E-state index in [1.165, 1.54) is 114 Å². The number of hydrogen-bond acceptors (Lipinski definition) is 5. The zero-order valence-corrected chi connectivity index (χ0v) is 46.1. The topological polar surface area (TPSA) is 96.2 Å². The van der Waals surface area contributed by atoms with E-state index in [2.05, 4.69) is 83.1 Å². The van der Waals surface area contributed by atoms with Crippen LogP contribution in [0.1, 0.15) is 249 Å². The summed E-state index contributed by atoms with van der Waals surface area (Å²) in [4.78, 5) is 9.00. The van der Waals surface area contributed by atoms with Gasteiger partial charge in [0.15, 0.2) is 0 Å². The highest BCUT2D eigenvalue weighted by atomic mass is 16.5. The first-order valence-electron chi connectivity index (χ1n) is 27.0. The number of fused-ring (bicyclic) bond motifs is 2. The van der Waals surface area contributed by atoms with Crippen LogP contribution in [-0.2, 0) is 17.6 Å². The highest BCUT2D eigenvalue weighted by molar-refractivity contribution is 5.63. The van der Waals surface area contributed by atoms with Gasteiger partial charge in [-0.3, -0.25) is 4.79 Å². The molecular formula is C60H104O6. The van der Waals surface area contributed by atoms with Crippen molar-refractivity contribution in [2.24, 2.45) is 35.5 Å². The van der Waals surface area contributed by atoms with Crippen LogP contribution in [0.4, 0.5) is 0 Å². The third-order valence-electron chi connectivity index (χ3n) is 15.7. The van der Waals surface area contributed by atoms with E-state index >= 15 is 0 Å². The van der Waals surface area contributed by atoms with Gasteiger partial charge >= 0.3 is 0 Å². The first kappa shape index (κ1) is 59.2. The predicted molar refractivity (Wildman–Crippen MR) is 282 cm³/mol. The van der Waals surface area contributed by atoms with Crippen LogP contribution in [0.5, 0.6) is 23.0 Å². The van der Waals surface area contributed by atoms with Crippen molar-refractivity contribution in [3.63, 3.8) is 0 Å². The SMILES string of the molecule is CC(=O)O.Cc1c(C)c2c(c(C)c1O)CC[C@@](C)(CCCC(C)CCCC(C)CCCC(C)C)O2.Cc1c(C)c2c(c(C)c1O)CC[C@@](C)(CCCC(C)CCCC(C)CCCC(C)C)O2. The zero-order chi connectivity index (χ0) is 49.9. The van der Waals surface area contributed by atoms with Gasteiger partial charge in [-0.05, 0) is 176 Å². The Hall–Kier alpha value is -2.89. The number of phenols is 2. The Morgan fingerprint density at radius 1 is 0.470 bits per heavy atom. The molecule has 0 bridgehead atoms. The number of ether oxygens (including phenoxy) is 2. The quantitative estimate of drug-likeness (QED) is 0.0971. The van der Waals surface area contributed by atoms with Crippen LogP contribution in [-0.4, -0.2) is 32.5 Å². The van der Waals surface area contributed by atoms with Gasteiger partial charge in [0.25, 0.3) is 5.97 Å². The Morgan fingerprint density at radius 3 is 1.00 bits per heavy atom. The Kier molecular flexibility index (Phi) is 25.6. The van der Waals surface area contributed by atoms with Gasteiger partial charge in [-0.2, -0.15) is 0 Å². The Bertz CT molecular complexity index is 1630. The van der Waals surface area contributed by atoms with Crippen molar-refractivity contribution in [1.29, 1.82) is 0 Å². The van der Waals surface area contributed by atoms with Crippen molar-refractivity contribution >= 4 is 5.97 Å². The molecule has 6 atom stereocenters. The standard InChI is InChI=1S/2C29H50O2.C2H4O2/c2*1-20(2)12-9-13-21(3)14-10-15-22(4)16-11-18-29(8)19-17-26-25(7)27(30)23(5)24(6)28(26)31-29;1-2(3)4/h2*20-22,30H,9-19H2,1-8H3;1H3,(H,3,4)/t2*21?,22?,29-;/m11./s1. The second-order valence-corrected chi connectivity index (χ2v) is 23.4. The molecule has 380 valence electrons. The number of carboxylic acids is 1. The summed E-state index contributed by atoms with van der Waals surface area (Å²) in [6.07, 6.45) is 28.1. The van der Waals surface area contributed by atoms with Crippen molar-refractivity contribution in [3.05, 3.63) is 44.5 Å². The molecule has 0 radical (unpaired) electrons. The van der Waals surface area contributed by atoms with Crippen molar-refractivity contribution in [2.75, 3.05) is 0 Å². The normalized spacial score (nSPS) is 19.6. The Labute approximate surface area is 407 Å². The van der Waals surface area contributed by atoms with E-state index < -0.39 is 5.97 Å². The molecule has 66 heavy (non-hydrogen) atoms. The summed E-state index contributed by atoms with van der Waals surface area (Å²) < 4.78 is 13.2. The summed E-state index contributed by atoms with van der Waals surface area (Å²) in [5.74, 6) is 7.24. The summed E-state index contributed by atoms with van der Waals surface area (Å²) in [5.41, 5.74) is 8.46. The molecule has 6 nitrogen and oxygen atoms in total. The largest absolute Gasteiger partial charge is 0.507 e. The lowest BCUT2D eigenvalue weighted by atomic mass is 9.84. The Balaban J connectivity index is 0.000000419. The second-order valence-electron chi connectivity index (χ2n) is 23.4. The highest BCUT2D eigenvalue weighted by Gasteiger charge is 2.35. The van der Waals surface area contributed by atoms with Gasteiger partial charge in [0.05, 0.1) is 0 Å². The van der Waals surface area contributed by atoms with E-state index in [0.717, 1.165) is 126 Å². The van der Waals surface area contributed by atoms with Gasteiger partial charge in [-0.1, -0.05) is 145 Å². The van der Waals surface area contributed by atoms with E-state index in [9.17, 15) is 10.2 Å². The second kappa shape index (κ2) is 28.6. The molecule has 0 aromatic heterocycles. The van der Waals surface area contributed by atoms with Crippen molar-refractivity contribution in [1.82, 2.24) is 0 Å². The molecule has 0 aliphatic carbocycles. The molecule has 2 aliphatic rings. The molecule has 2 aliphatic heterocycles. The van der Waals surface area contributed by atoms with E-state index in [-0.39, 0.29) is 11.2 Å². The average Bonchev–Trinajstić information content (AvgIpc) is 3.23. The minimum absolute atomic E-state index is 0.0712. The average molecular weight is 921 g/mol. The number of hydrogen-bond donors (Lipinski definition) is 3. The summed E-state index contributed by atoms with van der Waals surface area (Å²) in [5, 5.41) is 28.2. The minimum Gasteiger partial charge on any atom is -0.507 e. The Morgan fingerprint density at radius 2 is 0.727 bits per heavy atom. The molecule has 2 aromatic carbocycles. The maximum Gasteiger partial charge on any atom is 0.300 e. The summed E-state index contributed by atoms with van der Waals surface area (Å²) in [7, 11) is 0. The van der Waals surface area contributed by atoms with Crippen LogP contribution >= 0.6 is 0 Å². The number of carbonyl (C=O) groups is 1. The van der Waals surface area contributed by atoms with Crippen molar-refractivity contribution in [2.45, 2.75) is 270 Å². The maximum absolute atomic E-state index is 10.4. The summed E-state index contributed by atoms with van der Waals surface area (Å²) >= 11 is 0. The van der Waals surface area contributed by atoms with Gasteiger partial charge < -0.3 is 24.8 Å². The lowest BCUT2D eigenvalue weighted by molar-refractivity contribution is -0.134. The van der Waals surface area contributed by atoms with Gasteiger partial charge in [-0.15, -0.1) is 0 Å². The number of phenolic OH excluding ortho intramolecular Hbond substituents is 2. The monoisotopic (exact) mass is 921 g/mol. The molecule has 2 heterocycles. The number of carboxylic acid groups (broad SMARTS) is 1. The first-order chi connectivity index (χ1) is 30.8. The van der Waals surface area contributed by atoms with Crippen LogP contribution in [0.2, 0.25) is 0 Å². The van der Waals surface area contributed by atoms with Gasteiger partial charge in [-0.25, -0.2) is 0 Å². The predicted octanol–water partition coefficient (Wildman–Crippen LogP) is 17.8. The van der Waals surface area contributed by atoms with Crippen molar-refractivity contribution < 1.29 is 29.6 Å². The fraction of sp³-hybridized carbons (Fsp3) is 0.783. The molecule has 2 aromatic rings. The summed E-state index contributed by atoms with van der Waals surface area (Å²) in [6, 6.07) is 0. The van der Waals surface area contributed by atoms with Crippen molar-refractivity contribution in [3.8, 4) is 23.0 Å². The zero-order valence-electron chi connectivity index (χ0n) is 46.1. The molecule has 0 saturated carbocycles. The lowest BCUT2D eigenvalue weighted by Gasteiger charge is -2.38. The minimum atomic E-state index is -0.833. The number of rotatable bonds is 24. The summed E-state index contributed by atoms with van der Waals surface area (Å²) in [6.45, 7) is 37.0. The maximum atomic E-state index is 10.4. The molecule has 0 spiro atoms. The van der Waals surface area contributed by atoms with Gasteiger partial charge in [0.1, 0.15) is 34.2 Å². The smallest absolute Gasteiger partial charge is 0.300 e. The van der Waals surface area contributed by atoms with Crippen LogP contribution in [0.15, 0.2) is 0 Å². The van der Waals surface area contributed by atoms with Crippen LogP contribution < -0.4 is 9.47 Å². The van der Waals surface area contributed by atoms with E-state index in [0.29, 0.717) is 11.5 Å². The van der Waals surface area contributed by atoms with Gasteiger partial charge in [0.2, 0.25) is 0 Å². The van der Waals surface area contributed by atoms with E-state index in [4.69, 9.17) is 19.4 Å². The van der Waals surface area contributed by atoms with E-state index in [1.54, 1.807) is 0 Å². The fourth-order valence-electron chi connectivity index (χ4n) is 10.5. The molecule has 4 rings (SSSR count). The molecule has 0 saturated heterocycles. The van der Waals surface area contributed by atoms with Crippen LogP contribution in [0, 0.1) is 77.0 Å². The van der Waals surface area contributed by atoms with Crippen LogP contribution in [0.25, 0.3) is 0 Å². The van der Waals surface area contributed by atoms with Gasteiger partial charge in [0, 0.05) is 18.1 Å². The molecule has 0 fully saturated rings. The third kappa shape index (κ3) is 20.0. The van der Waals surface area contributed by atoms with E-state index in [1.807, 2.05) is 27.7 Å². The molecule has 6 heteroatoms. The number of aromatic hydroxyl groups is 2. The lowest BCUT2D eigenvalue weighted by Crippen LogP contribution is -2.37. The highest BCUT2D eigenvalue weighted by Crippen LogP contribution is 2.46. The van der Waals surface area contributed by atoms with Crippen LogP contribution in [0.3, 0.4) is 0 Å². The molecule has 3 N–H and O–H groups in total. The molecular weight excluding hydrogens is 817 g/mol. The molecule has 4 unspecified atom stereocenters. The molecule has 0 amide bonds. The third-order valence-corrected chi connectivity index (χ3v) is 15.7. The number of aliphatic carboxylic acids is 1. The number of benzene rings is 2. The fourth-order valence-corrected chi connectivity index (χ4v) is 10.5. The first-order valence-corrected chi connectivity index (χ1v) is 27.0.